The van der Waals surface area contributed by atoms with E-state index in [-0.39, 0.29) is 0 Å². The molecule has 0 aromatic rings. The van der Waals surface area contributed by atoms with Gasteiger partial charge in [0.15, 0.2) is 0 Å². The van der Waals surface area contributed by atoms with Crippen LogP contribution in [0.3, 0.4) is 0 Å². The molecule has 1 rings (SSSR count). The van der Waals surface area contributed by atoms with Crippen LogP contribution < -0.4 is 0 Å². The molecule has 79 valence electrons. The van der Waals surface area contributed by atoms with Crippen molar-refractivity contribution >= 4 is 11.9 Å². The van der Waals surface area contributed by atoms with E-state index in [0.29, 0.717) is 5.71 Å². The lowest BCUT2D eigenvalue weighted by Gasteiger charge is -2.30. The molecular weight excluding hydrogens is 182 g/mol. The van der Waals surface area contributed by atoms with Crippen LogP contribution in [-0.4, -0.2) is 35.3 Å². The molecule has 0 N–H and O–H groups in total. The maximum atomic E-state index is 11.8. The number of rotatable bonds is 2. The Hall–Kier alpha value is -0.940. The van der Waals surface area contributed by atoms with Crippen molar-refractivity contribution < 1.29 is 10.0 Å². The normalized spacial score (nSPS) is 25.4. The third-order valence-corrected chi connectivity index (χ3v) is 2.31. The first-order chi connectivity index (χ1) is 6.32. The van der Waals surface area contributed by atoms with E-state index in [1.54, 1.807) is 13.8 Å². The van der Waals surface area contributed by atoms with Crippen molar-refractivity contribution in [1.29, 1.82) is 0 Å². The zero-order chi connectivity index (χ0) is 11.0. The summed E-state index contributed by atoms with van der Waals surface area (Å²) in [6.07, 6.45) is 1.49. The second-order valence-corrected chi connectivity index (χ2v) is 4.26. The van der Waals surface area contributed by atoms with E-state index in [1.807, 2.05) is 13.8 Å². The summed E-state index contributed by atoms with van der Waals surface area (Å²) >= 11 is 0. The summed E-state index contributed by atoms with van der Waals surface area (Å²) in [6, 6.07) is 0. The van der Waals surface area contributed by atoms with Gasteiger partial charge in [-0.25, -0.2) is 0 Å². The molecule has 1 aliphatic rings. The third kappa shape index (κ3) is 1.65. The first-order valence-electron chi connectivity index (χ1n) is 4.46. The van der Waals surface area contributed by atoms with Crippen molar-refractivity contribution in [3.63, 3.8) is 0 Å². The zero-order valence-electron chi connectivity index (χ0n) is 9.24. The molecule has 0 unspecified atom stereocenters. The lowest BCUT2D eigenvalue weighted by Crippen LogP contribution is -2.49. The minimum atomic E-state index is -0.724. The van der Waals surface area contributed by atoms with Crippen molar-refractivity contribution in [2.45, 2.75) is 38.9 Å². The van der Waals surface area contributed by atoms with Gasteiger partial charge in [0.25, 0.3) is 0 Å². The number of hydrogen-bond acceptors (Lipinski definition) is 4. The van der Waals surface area contributed by atoms with Crippen LogP contribution in [-0.2, 0) is 10.0 Å². The molecule has 14 heavy (non-hydrogen) atoms. The van der Waals surface area contributed by atoms with Crippen LogP contribution in [0.5, 0.6) is 0 Å². The second kappa shape index (κ2) is 3.33. The molecule has 0 saturated carbocycles. The van der Waals surface area contributed by atoms with E-state index in [4.69, 9.17) is 0 Å². The summed E-state index contributed by atoms with van der Waals surface area (Å²) in [4.78, 5) is 8.86. The molecule has 0 spiro atoms. The Bertz CT molecular complexity index is 282. The number of hydrogen-bond donors (Lipinski definition) is 0. The Labute approximate surface area is 84.0 Å². The SMILES string of the molecule is CO/N=C/C1=NC(C)(C)N([O])C1(C)C. The highest BCUT2D eigenvalue weighted by Gasteiger charge is 2.47. The average Bonchev–Trinajstić information content (AvgIpc) is 2.23. The van der Waals surface area contributed by atoms with E-state index < -0.39 is 11.2 Å². The predicted octanol–water partition coefficient (Wildman–Crippen LogP) is 1.24. The highest BCUT2D eigenvalue weighted by atomic mass is 16.6. The van der Waals surface area contributed by atoms with E-state index in [2.05, 4.69) is 15.0 Å². The maximum absolute atomic E-state index is 11.8. The standard InChI is InChI=1S/C9H16N3O2/c1-8(2)7(6-10-14-5)11-9(3,4)12(8)13/h6H,1-5H3/b10-6+. The van der Waals surface area contributed by atoms with Crippen LogP contribution in [0.4, 0.5) is 0 Å². The van der Waals surface area contributed by atoms with Crippen LogP contribution in [0.1, 0.15) is 27.7 Å². The molecule has 0 aromatic heterocycles. The Morgan fingerprint density at radius 1 is 1.43 bits per heavy atom. The second-order valence-electron chi connectivity index (χ2n) is 4.26. The quantitative estimate of drug-likeness (QED) is 0.495. The van der Waals surface area contributed by atoms with Gasteiger partial charge in [-0.2, -0.15) is 0 Å². The average molecular weight is 198 g/mol. The molecule has 0 fully saturated rings. The summed E-state index contributed by atoms with van der Waals surface area (Å²) in [7, 11) is 1.46. The lowest BCUT2D eigenvalue weighted by atomic mass is 9.99. The highest BCUT2D eigenvalue weighted by Crippen LogP contribution is 2.32. The topological polar surface area (TPSA) is 57.1 Å². The van der Waals surface area contributed by atoms with Crippen molar-refractivity contribution in [3.8, 4) is 0 Å². The smallest absolute Gasteiger partial charge is 0.134 e. The fraction of sp³-hybridized carbons (Fsp3) is 0.778. The molecule has 1 radical (unpaired) electrons. The lowest BCUT2D eigenvalue weighted by molar-refractivity contribution is -0.240. The van der Waals surface area contributed by atoms with Crippen molar-refractivity contribution in [3.05, 3.63) is 0 Å². The first-order valence-corrected chi connectivity index (χ1v) is 4.46. The predicted molar refractivity (Wildman–Crippen MR) is 53.6 cm³/mol. The fourth-order valence-electron chi connectivity index (χ4n) is 1.55. The Balaban J connectivity index is 3.00. The summed E-state index contributed by atoms with van der Waals surface area (Å²) in [5.74, 6) is 0. The zero-order valence-corrected chi connectivity index (χ0v) is 9.24. The first kappa shape index (κ1) is 11.1. The van der Waals surface area contributed by atoms with Gasteiger partial charge in [-0.05, 0) is 27.7 Å². The molecular formula is C9H16N3O2. The molecule has 0 aromatic carbocycles. The van der Waals surface area contributed by atoms with Crippen LogP contribution in [0.2, 0.25) is 0 Å². The van der Waals surface area contributed by atoms with Gasteiger partial charge < -0.3 is 4.84 Å². The summed E-state index contributed by atoms with van der Waals surface area (Å²) < 4.78 is 0. The summed E-state index contributed by atoms with van der Waals surface area (Å²) in [6.45, 7) is 7.18. The van der Waals surface area contributed by atoms with Gasteiger partial charge in [0.05, 0.1) is 17.5 Å². The molecule has 0 aliphatic carbocycles. The Kier molecular flexibility index (Phi) is 2.65. The van der Waals surface area contributed by atoms with Gasteiger partial charge in [-0.15, -0.1) is 10.3 Å². The Morgan fingerprint density at radius 2 is 2.00 bits per heavy atom. The van der Waals surface area contributed by atoms with Crippen LogP contribution >= 0.6 is 0 Å². The van der Waals surface area contributed by atoms with Crippen molar-refractivity contribution in [1.82, 2.24) is 5.06 Å². The van der Waals surface area contributed by atoms with Gasteiger partial charge in [-0.3, -0.25) is 4.99 Å². The number of aliphatic imine (C=N–C) groups is 1. The van der Waals surface area contributed by atoms with Crippen LogP contribution in [0.25, 0.3) is 0 Å². The third-order valence-electron chi connectivity index (χ3n) is 2.31. The molecule has 0 amide bonds. The van der Waals surface area contributed by atoms with E-state index >= 15 is 0 Å². The number of hydroxylamine groups is 2. The summed E-state index contributed by atoms with van der Waals surface area (Å²) in [5.41, 5.74) is -0.733. The Morgan fingerprint density at radius 3 is 2.36 bits per heavy atom. The monoisotopic (exact) mass is 198 g/mol. The number of nitrogens with zero attached hydrogens (tertiary/aromatic N) is 3. The van der Waals surface area contributed by atoms with Gasteiger partial charge in [0.2, 0.25) is 0 Å². The van der Waals surface area contributed by atoms with Gasteiger partial charge in [0, 0.05) is 0 Å². The van der Waals surface area contributed by atoms with E-state index in [9.17, 15) is 5.21 Å². The van der Waals surface area contributed by atoms with Gasteiger partial charge in [0.1, 0.15) is 12.8 Å². The molecule has 0 atom stereocenters. The molecule has 5 heteroatoms. The van der Waals surface area contributed by atoms with Crippen LogP contribution in [0.15, 0.2) is 10.1 Å². The molecule has 1 heterocycles. The molecule has 1 aliphatic heterocycles. The number of oxime groups is 1. The van der Waals surface area contributed by atoms with E-state index in [0.717, 1.165) is 5.06 Å². The molecule has 5 nitrogen and oxygen atoms in total. The maximum Gasteiger partial charge on any atom is 0.134 e. The minimum Gasteiger partial charge on any atom is -0.399 e. The molecule has 0 bridgehead atoms. The molecule has 0 saturated heterocycles. The largest absolute Gasteiger partial charge is 0.399 e. The van der Waals surface area contributed by atoms with Gasteiger partial charge in [-0.1, -0.05) is 5.16 Å². The van der Waals surface area contributed by atoms with Crippen LogP contribution in [0, 0.1) is 0 Å². The minimum absolute atomic E-state index is 0.638. The van der Waals surface area contributed by atoms with Gasteiger partial charge >= 0.3 is 0 Å². The van der Waals surface area contributed by atoms with Crippen molar-refractivity contribution in [2.24, 2.45) is 10.1 Å². The van der Waals surface area contributed by atoms with E-state index in [1.165, 1.54) is 13.3 Å². The van der Waals surface area contributed by atoms with Crippen molar-refractivity contribution in [2.75, 3.05) is 7.11 Å². The summed E-state index contributed by atoms with van der Waals surface area (Å²) in [5, 5.41) is 16.4. The fourth-order valence-corrected chi connectivity index (χ4v) is 1.55. The highest BCUT2D eigenvalue weighted by molar-refractivity contribution is 6.35.